The second kappa shape index (κ2) is 8.12. The van der Waals surface area contributed by atoms with Gasteiger partial charge in [0.25, 0.3) is 0 Å². The number of methoxy groups -OCH3 is 1. The van der Waals surface area contributed by atoms with Crippen molar-refractivity contribution in [3.05, 3.63) is 56.5 Å². The first kappa shape index (κ1) is 17.5. The molecule has 0 heterocycles. The summed E-state index contributed by atoms with van der Waals surface area (Å²) < 4.78 is 6.79. The van der Waals surface area contributed by atoms with Gasteiger partial charge in [-0.25, -0.2) is 5.43 Å². The van der Waals surface area contributed by atoms with E-state index in [9.17, 15) is 9.90 Å². The van der Waals surface area contributed by atoms with Crippen molar-refractivity contribution in [1.29, 1.82) is 0 Å². The van der Waals surface area contributed by atoms with E-state index in [2.05, 4.69) is 42.4 Å². The van der Waals surface area contributed by atoms with Gasteiger partial charge in [0.1, 0.15) is 11.5 Å². The largest absolute Gasteiger partial charge is 0.508 e. The average molecular weight is 442 g/mol. The number of nitrogens with one attached hydrogen (secondary N) is 1. The summed E-state index contributed by atoms with van der Waals surface area (Å²) >= 11 is 6.81. The molecule has 23 heavy (non-hydrogen) atoms. The maximum Gasteiger partial charge on any atom is 0.244 e. The summed E-state index contributed by atoms with van der Waals surface area (Å²) in [5, 5.41) is 13.1. The average Bonchev–Trinajstić information content (AvgIpc) is 2.49. The number of carbonyl (C=O) groups is 1. The van der Waals surface area contributed by atoms with Crippen LogP contribution in [0.1, 0.15) is 11.1 Å². The third kappa shape index (κ3) is 5.07. The van der Waals surface area contributed by atoms with Crippen LogP contribution >= 0.6 is 31.9 Å². The number of benzene rings is 2. The lowest BCUT2D eigenvalue weighted by molar-refractivity contribution is -0.120. The summed E-state index contributed by atoms with van der Waals surface area (Å²) in [6.45, 7) is 0. The molecule has 0 fully saturated rings. The highest BCUT2D eigenvalue weighted by molar-refractivity contribution is 9.11. The van der Waals surface area contributed by atoms with Crippen LogP contribution in [0, 0.1) is 0 Å². The molecule has 0 aliphatic heterocycles. The number of rotatable bonds is 5. The number of hydrazone groups is 1. The van der Waals surface area contributed by atoms with Crippen molar-refractivity contribution in [3.63, 3.8) is 0 Å². The van der Waals surface area contributed by atoms with Crippen molar-refractivity contribution in [1.82, 2.24) is 5.43 Å². The summed E-state index contributed by atoms with van der Waals surface area (Å²) in [5.41, 5.74) is 4.07. The molecule has 0 saturated carbocycles. The fourth-order valence-corrected chi connectivity index (χ4v) is 3.41. The van der Waals surface area contributed by atoms with Crippen LogP contribution in [0.15, 0.2) is 50.4 Å². The predicted octanol–water partition coefficient (Wildman–Crippen LogP) is 3.62. The first-order valence-electron chi connectivity index (χ1n) is 6.62. The number of phenols is 1. The van der Waals surface area contributed by atoms with Crippen LogP contribution in [0.5, 0.6) is 11.5 Å². The molecule has 120 valence electrons. The Bertz CT molecular complexity index is 708. The van der Waals surface area contributed by atoms with Gasteiger partial charge in [0.2, 0.25) is 5.91 Å². The third-order valence-corrected chi connectivity index (χ3v) is 4.11. The van der Waals surface area contributed by atoms with Crippen molar-refractivity contribution in [2.24, 2.45) is 5.10 Å². The second-order valence-corrected chi connectivity index (χ2v) is 6.36. The monoisotopic (exact) mass is 440 g/mol. The Labute approximate surface area is 150 Å². The lowest BCUT2D eigenvalue weighted by atomic mass is 10.1. The number of hydrogen-bond acceptors (Lipinski definition) is 4. The Hall–Kier alpha value is -1.86. The van der Waals surface area contributed by atoms with Crippen LogP contribution in [0.25, 0.3) is 0 Å². The normalized spacial score (nSPS) is 10.7. The molecule has 2 aromatic carbocycles. The van der Waals surface area contributed by atoms with Crippen molar-refractivity contribution in [3.8, 4) is 11.5 Å². The minimum atomic E-state index is -0.237. The minimum Gasteiger partial charge on any atom is -0.508 e. The van der Waals surface area contributed by atoms with Gasteiger partial charge in [0, 0.05) is 0 Å². The van der Waals surface area contributed by atoms with E-state index in [1.165, 1.54) is 12.1 Å². The number of phenolic OH excluding ortho intramolecular Hbond substituents is 1. The van der Waals surface area contributed by atoms with Gasteiger partial charge in [-0.2, -0.15) is 5.10 Å². The Balaban J connectivity index is 1.96. The number of ether oxygens (including phenoxy) is 1. The summed E-state index contributed by atoms with van der Waals surface area (Å²) in [4.78, 5) is 11.8. The molecule has 0 spiro atoms. The van der Waals surface area contributed by atoms with E-state index in [0.717, 1.165) is 20.1 Å². The van der Waals surface area contributed by atoms with Gasteiger partial charge in [-0.3, -0.25) is 4.79 Å². The topological polar surface area (TPSA) is 70.9 Å². The standard InChI is InChI=1S/C16H14Br2N2O3/c1-23-16-13(17)6-11(7-14(16)18)9-19-20-15(22)8-10-2-4-12(21)5-3-10/h2-7,9,21H,8H2,1H3,(H,20,22)/b19-9-. The Kier molecular flexibility index (Phi) is 6.18. The van der Waals surface area contributed by atoms with E-state index in [1.807, 2.05) is 12.1 Å². The number of hydrogen-bond donors (Lipinski definition) is 2. The molecular formula is C16H14Br2N2O3. The number of halogens is 2. The van der Waals surface area contributed by atoms with Gasteiger partial charge in [-0.05, 0) is 67.3 Å². The second-order valence-electron chi connectivity index (χ2n) is 4.65. The highest BCUT2D eigenvalue weighted by Gasteiger charge is 2.07. The van der Waals surface area contributed by atoms with E-state index in [1.54, 1.807) is 25.5 Å². The highest BCUT2D eigenvalue weighted by atomic mass is 79.9. The molecule has 0 bridgehead atoms. The molecule has 0 atom stereocenters. The summed E-state index contributed by atoms with van der Waals surface area (Å²) in [6.07, 6.45) is 1.73. The Morgan fingerprint density at radius 1 is 1.26 bits per heavy atom. The van der Waals surface area contributed by atoms with Crippen LogP contribution in [-0.2, 0) is 11.2 Å². The molecule has 0 aliphatic rings. The van der Waals surface area contributed by atoms with E-state index in [0.29, 0.717) is 5.75 Å². The molecule has 2 N–H and O–H groups in total. The van der Waals surface area contributed by atoms with Crippen LogP contribution < -0.4 is 10.2 Å². The first-order chi connectivity index (χ1) is 11.0. The van der Waals surface area contributed by atoms with Crippen LogP contribution in [0.3, 0.4) is 0 Å². The highest BCUT2D eigenvalue weighted by Crippen LogP contribution is 2.33. The molecule has 5 nitrogen and oxygen atoms in total. The molecule has 1 amide bonds. The molecule has 0 radical (unpaired) electrons. The number of carbonyl (C=O) groups excluding carboxylic acids is 1. The van der Waals surface area contributed by atoms with Crippen molar-refractivity contribution < 1.29 is 14.6 Å². The van der Waals surface area contributed by atoms with E-state index in [4.69, 9.17) is 4.74 Å². The molecule has 0 aliphatic carbocycles. The summed E-state index contributed by atoms with van der Waals surface area (Å²) in [6, 6.07) is 10.1. The number of aromatic hydroxyl groups is 1. The van der Waals surface area contributed by atoms with Crippen molar-refractivity contribution in [2.45, 2.75) is 6.42 Å². The summed E-state index contributed by atoms with van der Waals surface area (Å²) in [7, 11) is 1.59. The SMILES string of the molecule is COc1c(Br)cc(/C=N\NC(=O)Cc2ccc(O)cc2)cc1Br. The maximum atomic E-state index is 11.8. The van der Waals surface area contributed by atoms with Crippen molar-refractivity contribution >= 4 is 44.0 Å². The smallest absolute Gasteiger partial charge is 0.244 e. The number of amides is 1. The Morgan fingerprint density at radius 3 is 2.43 bits per heavy atom. The lowest BCUT2D eigenvalue weighted by Crippen LogP contribution is -2.19. The molecular weight excluding hydrogens is 428 g/mol. The Morgan fingerprint density at radius 2 is 1.87 bits per heavy atom. The lowest BCUT2D eigenvalue weighted by Gasteiger charge is -2.06. The van der Waals surface area contributed by atoms with Gasteiger partial charge in [0.15, 0.2) is 0 Å². The number of nitrogens with zero attached hydrogens (tertiary/aromatic N) is 1. The quantitative estimate of drug-likeness (QED) is 0.549. The van der Waals surface area contributed by atoms with Crippen LogP contribution in [0.2, 0.25) is 0 Å². The van der Waals surface area contributed by atoms with Crippen LogP contribution in [-0.4, -0.2) is 24.3 Å². The molecule has 0 unspecified atom stereocenters. The minimum absolute atomic E-state index is 0.169. The fraction of sp³-hybridized carbons (Fsp3) is 0.125. The van der Waals surface area contributed by atoms with Gasteiger partial charge in [-0.15, -0.1) is 0 Å². The van der Waals surface area contributed by atoms with Gasteiger partial charge >= 0.3 is 0 Å². The first-order valence-corrected chi connectivity index (χ1v) is 8.21. The predicted molar refractivity (Wildman–Crippen MR) is 95.9 cm³/mol. The van der Waals surface area contributed by atoms with Gasteiger partial charge < -0.3 is 9.84 Å². The molecule has 0 saturated heterocycles. The summed E-state index contributed by atoms with van der Waals surface area (Å²) in [5.74, 6) is 0.625. The zero-order valence-electron chi connectivity index (χ0n) is 12.2. The fourth-order valence-electron chi connectivity index (χ4n) is 1.87. The van der Waals surface area contributed by atoms with Crippen molar-refractivity contribution in [2.75, 3.05) is 7.11 Å². The van der Waals surface area contributed by atoms with E-state index in [-0.39, 0.29) is 18.1 Å². The zero-order valence-corrected chi connectivity index (χ0v) is 15.4. The van der Waals surface area contributed by atoms with Crippen LogP contribution in [0.4, 0.5) is 0 Å². The molecule has 7 heteroatoms. The van der Waals surface area contributed by atoms with E-state index >= 15 is 0 Å². The van der Waals surface area contributed by atoms with E-state index < -0.39 is 0 Å². The molecule has 2 aromatic rings. The van der Waals surface area contributed by atoms with Gasteiger partial charge in [0.05, 0.1) is 28.7 Å². The molecule has 0 aromatic heterocycles. The third-order valence-electron chi connectivity index (χ3n) is 2.93. The maximum absolute atomic E-state index is 11.8. The zero-order chi connectivity index (χ0) is 16.8. The van der Waals surface area contributed by atoms with Gasteiger partial charge in [-0.1, -0.05) is 12.1 Å². The molecule has 2 rings (SSSR count).